The van der Waals surface area contributed by atoms with E-state index in [9.17, 15) is 0 Å². The summed E-state index contributed by atoms with van der Waals surface area (Å²) in [4.78, 5) is 1.86. The summed E-state index contributed by atoms with van der Waals surface area (Å²) in [5.41, 5.74) is 3.99. The van der Waals surface area contributed by atoms with Crippen LogP contribution in [0, 0.1) is 0 Å². The molecule has 2 nitrogen and oxygen atoms in total. The molecule has 0 N–H and O–H groups in total. The van der Waals surface area contributed by atoms with E-state index in [-0.39, 0.29) is 0 Å². The number of ether oxygens (including phenoxy) is 1. The van der Waals surface area contributed by atoms with E-state index in [1.165, 1.54) is 11.1 Å². The third-order valence-electron chi connectivity index (χ3n) is 2.29. The molecule has 0 saturated heterocycles. The number of hydrogen-bond donors (Lipinski definition) is 0. The van der Waals surface area contributed by atoms with Crippen LogP contribution < -0.4 is 0 Å². The van der Waals surface area contributed by atoms with Crippen molar-refractivity contribution in [3.05, 3.63) is 59.1 Å². The molecule has 0 aliphatic rings. The average Bonchev–Trinajstić information content (AvgIpc) is 2.46. The number of nitrogens with zero attached hydrogens (tertiary/aromatic N) is 1. The van der Waals surface area contributed by atoms with Crippen molar-refractivity contribution in [3.63, 3.8) is 0 Å². The second kappa shape index (κ2) is 9.84. The van der Waals surface area contributed by atoms with Crippen LogP contribution in [0.4, 0.5) is 0 Å². The second-order valence-electron chi connectivity index (χ2n) is 3.67. The van der Waals surface area contributed by atoms with Gasteiger partial charge in [-0.1, -0.05) is 65.7 Å². The van der Waals surface area contributed by atoms with Gasteiger partial charge in [-0.15, -0.1) is 0 Å². The molecule has 5 heteroatoms. The van der Waals surface area contributed by atoms with Gasteiger partial charge in [-0.3, -0.25) is 0 Å². The molecule has 0 aromatic heterocycles. The van der Waals surface area contributed by atoms with Gasteiger partial charge in [-0.2, -0.15) is 0 Å². The summed E-state index contributed by atoms with van der Waals surface area (Å²) < 4.78 is 5.59. The minimum absolute atomic E-state index is 0.424. The van der Waals surface area contributed by atoms with Crippen LogP contribution in [0.3, 0.4) is 0 Å². The highest BCUT2D eigenvalue weighted by molar-refractivity contribution is 7.80. The molecule has 0 atom stereocenters. The van der Waals surface area contributed by atoms with Gasteiger partial charge in [0, 0.05) is 24.2 Å². The molecule has 0 aliphatic heterocycles. The molecule has 19 heavy (non-hydrogen) atoms. The zero-order valence-electron chi connectivity index (χ0n) is 10.3. The molecule has 102 valence electrons. The summed E-state index contributed by atoms with van der Waals surface area (Å²) in [5.74, 6) is 0. The molecule has 0 fully saturated rings. The molecule has 0 saturated carbocycles. The van der Waals surface area contributed by atoms with Crippen molar-refractivity contribution < 1.29 is 4.74 Å². The largest absolute Gasteiger partial charge is 0.466 e. The van der Waals surface area contributed by atoms with Gasteiger partial charge in [0.2, 0.25) is 0 Å². The van der Waals surface area contributed by atoms with E-state index in [0.29, 0.717) is 24.9 Å². The first-order valence-electron chi connectivity index (χ1n) is 5.74. The SMILES string of the molecule is S=C(OCc1ccccc1)N(CC=CCl)CC=CCl. The molecule has 1 aromatic carbocycles. The lowest BCUT2D eigenvalue weighted by Crippen LogP contribution is -2.31. The summed E-state index contributed by atoms with van der Waals surface area (Å²) in [5, 5.41) is 0.424. The predicted molar refractivity (Wildman–Crippen MR) is 85.4 cm³/mol. The Labute approximate surface area is 129 Å². The van der Waals surface area contributed by atoms with Gasteiger partial charge in [0.05, 0.1) is 0 Å². The summed E-state index contributed by atoms with van der Waals surface area (Å²) in [6, 6.07) is 9.87. The molecule has 1 rings (SSSR count). The van der Waals surface area contributed by atoms with Crippen LogP contribution in [0.2, 0.25) is 0 Å². The fraction of sp³-hybridized carbons (Fsp3) is 0.214. The van der Waals surface area contributed by atoms with Gasteiger partial charge in [0.25, 0.3) is 5.17 Å². The van der Waals surface area contributed by atoms with Crippen molar-refractivity contribution in [2.45, 2.75) is 6.61 Å². The van der Waals surface area contributed by atoms with Crippen LogP contribution in [-0.4, -0.2) is 23.2 Å². The van der Waals surface area contributed by atoms with Gasteiger partial charge >= 0.3 is 0 Å². The molecular weight excluding hydrogens is 301 g/mol. The standard InChI is InChI=1S/C14H15Cl2NOS/c15-8-4-10-17(11-5-9-16)14(19)18-12-13-6-2-1-3-7-13/h1-9H,10-12H2. The Balaban J connectivity index is 2.51. The highest BCUT2D eigenvalue weighted by Gasteiger charge is 2.07. The third kappa shape index (κ3) is 6.62. The van der Waals surface area contributed by atoms with Crippen molar-refractivity contribution in [2.24, 2.45) is 0 Å². The number of thiocarbonyl (C=S) groups is 1. The molecular formula is C14H15Cl2NOS. The molecule has 0 radical (unpaired) electrons. The number of rotatable bonds is 6. The van der Waals surface area contributed by atoms with Crippen molar-refractivity contribution in [1.82, 2.24) is 4.90 Å². The summed E-state index contributed by atoms with van der Waals surface area (Å²) in [7, 11) is 0. The van der Waals surface area contributed by atoms with E-state index in [4.69, 9.17) is 40.2 Å². The van der Waals surface area contributed by atoms with Gasteiger partial charge in [0.1, 0.15) is 6.61 Å². The number of benzene rings is 1. The highest BCUT2D eigenvalue weighted by atomic mass is 35.5. The number of hydrogen-bond acceptors (Lipinski definition) is 2. The monoisotopic (exact) mass is 315 g/mol. The third-order valence-corrected chi connectivity index (χ3v) is 3.03. The normalized spacial score (nSPS) is 11.1. The van der Waals surface area contributed by atoms with Crippen molar-refractivity contribution in [3.8, 4) is 0 Å². The molecule has 1 aromatic rings. The van der Waals surface area contributed by atoms with Gasteiger partial charge in [0.15, 0.2) is 0 Å². The minimum Gasteiger partial charge on any atom is -0.466 e. The predicted octanol–water partition coefficient (Wildman–Crippen LogP) is 4.30. The summed E-state index contributed by atoms with van der Waals surface area (Å²) in [6.07, 6.45) is 3.59. The molecule has 0 spiro atoms. The lowest BCUT2D eigenvalue weighted by molar-refractivity contribution is 0.245. The van der Waals surface area contributed by atoms with E-state index in [0.717, 1.165) is 5.56 Å². The first kappa shape index (κ1) is 16.0. The Bertz CT molecular complexity index is 420. The molecule has 0 amide bonds. The topological polar surface area (TPSA) is 12.5 Å². The first-order chi connectivity index (χ1) is 9.27. The Morgan fingerprint density at radius 2 is 1.68 bits per heavy atom. The van der Waals surface area contributed by atoms with Gasteiger partial charge < -0.3 is 9.64 Å². The Morgan fingerprint density at radius 1 is 1.11 bits per heavy atom. The Kier molecular flexibility index (Phi) is 8.30. The maximum Gasteiger partial charge on any atom is 0.260 e. The van der Waals surface area contributed by atoms with E-state index in [1.54, 1.807) is 12.2 Å². The zero-order valence-corrected chi connectivity index (χ0v) is 12.7. The molecule has 0 unspecified atom stereocenters. The van der Waals surface area contributed by atoms with Gasteiger partial charge in [-0.05, 0) is 17.8 Å². The van der Waals surface area contributed by atoms with E-state index in [2.05, 4.69) is 0 Å². The second-order valence-corrected chi connectivity index (χ2v) is 4.52. The zero-order chi connectivity index (χ0) is 13.9. The molecule has 0 heterocycles. The quantitative estimate of drug-likeness (QED) is 0.726. The van der Waals surface area contributed by atoms with Crippen LogP contribution in [0.25, 0.3) is 0 Å². The summed E-state index contributed by atoms with van der Waals surface area (Å²) in [6.45, 7) is 1.61. The maximum absolute atomic E-state index is 5.59. The fourth-order valence-electron chi connectivity index (χ4n) is 1.37. The van der Waals surface area contributed by atoms with Crippen molar-refractivity contribution in [2.75, 3.05) is 13.1 Å². The lowest BCUT2D eigenvalue weighted by atomic mass is 10.2. The first-order valence-corrected chi connectivity index (χ1v) is 7.02. The number of halogens is 2. The van der Waals surface area contributed by atoms with E-state index >= 15 is 0 Å². The van der Waals surface area contributed by atoms with Crippen LogP contribution in [0.5, 0.6) is 0 Å². The van der Waals surface area contributed by atoms with Crippen molar-refractivity contribution in [1.29, 1.82) is 0 Å². The van der Waals surface area contributed by atoms with Crippen LogP contribution in [-0.2, 0) is 11.3 Å². The highest BCUT2D eigenvalue weighted by Crippen LogP contribution is 2.04. The molecule has 0 aliphatic carbocycles. The van der Waals surface area contributed by atoms with E-state index < -0.39 is 0 Å². The van der Waals surface area contributed by atoms with Crippen LogP contribution >= 0.6 is 35.4 Å². The molecule has 0 bridgehead atoms. The average molecular weight is 316 g/mol. The lowest BCUT2D eigenvalue weighted by Gasteiger charge is -2.21. The van der Waals surface area contributed by atoms with E-state index in [1.807, 2.05) is 35.2 Å². The Morgan fingerprint density at radius 3 is 2.21 bits per heavy atom. The van der Waals surface area contributed by atoms with Crippen LogP contribution in [0.15, 0.2) is 53.6 Å². The smallest absolute Gasteiger partial charge is 0.260 e. The van der Waals surface area contributed by atoms with Gasteiger partial charge in [-0.25, -0.2) is 0 Å². The summed E-state index contributed by atoms with van der Waals surface area (Å²) >= 11 is 16.3. The fourth-order valence-corrected chi connectivity index (χ4v) is 1.74. The maximum atomic E-state index is 5.59. The minimum atomic E-state index is 0.424. The van der Waals surface area contributed by atoms with Crippen molar-refractivity contribution >= 4 is 40.6 Å². The van der Waals surface area contributed by atoms with Crippen LogP contribution in [0.1, 0.15) is 5.56 Å². The Hall–Kier alpha value is -1.03.